The Balaban J connectivity index is 1.22. The molecule has 38 heavy (non-hydrogen) atoms. The van der Waals surface area contributed by atoms with Gasteiger partial charge in [-0.3, -0.25) is 14.7 Å². The molecule has 9 nitrogen and oxygen atoms in total. The highest BCUT2D eigenvalue weighted by Gasteiger charge is 2.35. The Kier molecular flexibility index (Phi) is 7.83. The van der Waals surface area contributed by atoms with Gasteiger partial charge in [0.1, 0.15) is 11.9 Å². The molecule has 1 aromatic carbocycles. The van der Waals surface area contributed by atoms with Crippen molar-refractivity contribution in [2.24, 2.45) is 5.92 Å². The lowest BCUT2D eigenvalue weighted by molar-refractivity contribution is 0.0971. The van der Waals surface area contributed by atoms with Gasteiger partial charge in [-0.05, 0) is 62.3 Å². The number of halogens is 2. The zero-order valence-corrected chi connectivity index (χ0v) is 22.1. The van der Waals surface area contributed by atoms with E-state index in [-0.39, 0.29) is 13.1 Å². The molecule has 0 spiro atoms. The molecule has 1 N–H and O–H groups in total. The summed E-state index contributed by atoms with van der Waals surface area (Å²) < 4.78 is 69.5. The molecule has 1 saturated heterocycles. The zero-order valence-electron chi connectivity index (χ0n) is 21.2. The van der Waals surface area contributed by atoms with E-state index in [0.717, 1.165) is 29.3 Å². The second kappa shape index (κ2) is 11.1. The fourth-order valence-electron chi connectivity index (χ4n) is 4.46. The summed E-state index contributed by atoms with van der Waals surface area (Å²) in [6.07, 6.45) is 5.90. The Hall–Kier alpha value is -2.83. The maximum Gasteiger partial charge on any atom is 0.304 e. The molecule has 5 rings (SSSR count). The van der Waals surface area contributed by atoms with Crippen molar-refractivity contribution in [1.82, 2.24) is 18.9 Å². The largest absolute Gasteiger partial charge is 0.492 e. The molecule has 0 radical (unpaired) electrons. The summed E-state index contributed by atoms with van der Waals surface area (Å²) in [4.78, 5) is 19.2. The molecule has 2 aromatic rings. The monoisotopic (exact) mass is 550 g/mol. The maximum atomic E-state index is 14.9. The van der Waals surface area contributed by atoms with Crippen LogP contribution in [0.15, 0.2) is 30.5 Å². The van der Waals surface area contributed by atoms with Crippen LogP contribution in [0.2, 0.25) is 0 Å². The molecule has 1 aromatic heterocycles. The summed E-state index contributed by atoms with van der Waals surface area (Å²) in [5.74, 6) is -3.28. The van der Waals surface area contributed by atoms with Gasteiger partial charge in [-0.15, -0.1) is 0 Å². The van der Waals surface area contributed by atoms with Gasteiger partial charge >= 0.3 is 10.2 Å². The summed E-state index contributed by atoms with van der Waals surface area (Å²) in [7, 11) is -4.20. The molecule has 2 heterocycles. The number of carbonyl (C=O) groups excluding carboxylic acids is 1. The molecular formula is C26H32F2N4O5S. The van der Waals surface area contributed by atoms with Gasteiger partial charge in [-0.2, -0.15) is 17.1 Å². The van der Waals surface area contributed by atoms with Crippen LogP contribution in [0.3, 0.4) is 0 Å². The van der Waals surface area contributed by atoms with Crippen LogP contribution in [-0.4, -0.2) is 67.3 Å². The number of nitrogens with zero attached hydrogens (tertiary/aromatic N) is 3. The molecule has 1 amide bonds. The number of piperazine rings is 1. The second-order valence-corrected chi connectivity index (χ2v) is 11.7. The van der Waals surface area contributed by atoms with E-state index in [2.05, 4.69) is 9.88 Å². The van der Waals surface area contributed by atoms with Gasteiger partial charge < -0.3 is 9.47 Å². The Morgan fingerprint density at radius 3 is 2.42 bits per heavy atom. The number of aromatic nitrogens is 1. The quantitative estimate of drug-likeness (QED) is 0.458. The normalized spacial score (nSPS) is 19.7. The van der Waals surface area contributed by atoms with Crippen LogP contribution in [0.25, 0.3) is 0 Å². The molecular weight excluding hydrogens is 518 g/mol. The minimum atomic E-state index is -4.20. The van der Waals surface area contributed by atoms with Gasteiger partial charge in [0.15, 0.2) is 11.6 Å². The van der Waals surface area contributed by atoms with E-state index < -0.39 is 45.2 Å². The number of carbonyl (C=O) groups is 1. The molecule has 2 saturated carbocycles. The van der Waals surface area contributed by atoms with Crippen LogP contribution in [0.1, 0.15) is 61.2 Å². The van der Waals surface area contributed by atoms with Crippen molar-refractivity contribution in [2.75, 3.05) is 32.8 Å². The van der Waals surface area contributed by atoms with Gasteiger partial charge in [0.05, 0.1) is 24.1 Å². The first kappa shape index (κ1) is 26.8. The third kappa shape index (κ3) is 6.24. The van der Waals surface area contributed by atoms with Crippen molar-refractivity contribution in [3.8, 4) is 11.5 Å². The minimum absolute atomic E-state index is 0.225. The standard InChI is InChI=1S/C26H32F2N4O5S/c1-2-22(21-9-7-19(15-29-21)36-16-17-3-4-17)37-23-10-8-20(24(27)25(23)28)26(33)30-38(34,35)32-13-11-31(12-14-32)18-5-6-18/h7-10,15,17-18,22H,2-6,11-14,16H2,1H3,(H,30,33)/t22-/m1/s1. The van der Waals surface area contributed by atoms with Gasteiger partial charge in [-0.25, -0.2) is 9.11 Å². The van der Waals surface area contributed by atoms with E-state index >= 15 is 0 Å². The summed E-state index contributed by atoms with van der Waals surface area (Å²) in [5, 5.41) is 0. The van der Waals surface area contributed by atoms with Crippen molar-refractivity contribution in [3.05, 3.63) is 53.4 Å². The number of amides is 1. The first-order chi connectivity index (χ1) is 18.2. The number of hydrogen-bond donors (Lipinski definition) is 1. The highest BCUT2D eigenvalue weighted by atomic mass is 32.2. The highest BCUT2D eigenvalue weighted by molar-refractivity contribution is 7.87. The lowest BCUT2D eigenvalue weighted by atomic mass is 10.1. The Bertz CT molecular complexity index is 1260. The number of benzene rings is 1. The number of rotatable bonds is 11. The smallest absolute Gasteiger partial charge is 0.304 e. The predicted octanol–water partition coefficient (Wildman–Crippen LogP) is 3.43. The molecule has 0 unspecified atom stereocenters. The van der Waals surface area contributed by atoms with E-state index in [9.17, 15) is 22.0 Å². The Morgan fingerprint density at radius 2 is 1.82 bits per heavy atom. The van der Waals surface area contributed by atoms with Crippen molar-refractivity contribution in [1.29, 1.82) is 0 Å². The van der Waals surface area contributed by atoms with Crippen molar-refractivity contribution in [2.45, 2.75) is 51.2 Å². The lowest BCUT2D eigenvalue weighted by Gasteiger charge is -2.33. The number of nitrogens with one attached hydrogen (secondary N) is 1. The van der Waals surface area contributed by atoms with Gasteiger partial charge in [-0.1, -0.05) is 6.92 Å². The van der Waals surface area contributed by atoms with Crippen LogP contribution in [-0.2, 0) is 10.2 Å². The van der Waals surface area contributed by atoms with E-state index in [1.807, 2.05) is 11.6 Å². The van der Waals surface area contributed by atoms with Crippen molar-refractivity contribution >= 4 is 16.1 Å². The number of pyridine rings is 1. The highest BCUT2D eigenvalue weighted by Crippen LogP contribution is 2.31. The SMILES string of the molecule is CC[C@@H](Oc1ccc(C(=O)NS(=O)(=O)N2CCN(C3CC3)CC2)c(F)c1F)c1ccc(OCC2CC2)cn1. The van der Waals surface area contributed by atoms with E-state index in [1.54, 1.807) is 18.3 Å². The molecule has 12 heteroatoms. The molecule has 0 bridgehead atoms. The molecule has 3 fully saturated rings. The average molecular weight is 551 g/mol. The summed E-state index contributed by atoms with van der Waals surface area (Å²) in [6, 6.07) is 6.11. The molecule has 206 valence electrons. The molecule has 3 aliphatic rings. The van der Waals surface area contributed by atoms with Crippen LogP contribution in [0.4, 0.5) is 8.78 Å². The van der Waals surface area contributed by atoms with Crippen molar-refractivity contribution < 1.29 is 31.5 Å². The van der Waals surface area contributed by atoms with Crippen LogP contribution in [0.5, 0.6) is 11.5 Å². The topological polar surface area (TPSA) is 101 Å². The van der Waals surface area contributed by atoms with E-state index in [4.69, 9.17) is 9.47 Å². The third-order valence-electron chi connectivity index (χ3n) is 7.10. The van der Waals surface area contributed by atoms with Crippen LogP contribution in [0, 0.1) is 17.6 Å². The summed E-state index contributed by atoms with van der Waals surface area (Å²) >= 11 is 0. The Morgan fingerprint density at radius 1 is 1.08 bits per heavy atom. The molecule has 2 aliphatic carbocycles. The van der Waals surface area contributed by atoms with E-state index in [0.29, 0.717) is 49.5 Å². The summed E-state index contributed by atoms with van der Waals surface area (Å²) in [6.45, 7) is 4.05. The molecule has 1 aliphatic heterocycles. The fourth-order valence-corrected chi connectivity index (χ4v) is 5.57. The van der Waals surface area contributed by atoms with Crippen LogP contribution < -0.4 is 14.2 Å². The van der Waals surface area contributed by atoms with E-state index in [1.165, 1.54) is 12.8 Å². The molecule has 1 atom stereocenters. The second-order valence-electron chi connectivity index (χ2n) is 10.0. The van der Waals surface area contributed by atoms with Gasteiger partial charge in [0.2, 0.25) is 5.82 Å². The Labute approximate surface area is 221 Å². The van der Waals surface area contributed by atoms with Gasteiger partial charge in [0, 0.05) is 32.2 Å². The summed E-state index contributed by atoms with van der Waals surface area (Å²) in [5.41, 5.74) is -0.209. The first-order valence-corrected chi connectivity index (χ1v) is 14.5. The minimum Gasteiger partial charge on any atom is -0.492 e. The first-order valence-electron chi connectivity index (χ1n) is 13.0. The lowest BCUT2D eigenvalue weighted by Crippen LogP contribution is -2.53. The zero-order chi connectivity index (χ0) is 26.9. The average Bonchev–Trinajstić information content (AvgIpc) is 3.83. The fraction of sp³-hybridized carbons (Fsp3) is 0.538. The van der Waals surface area contributed by atoms with Crippen LogP contribution >= 0.6 is 0 Å². The maximum absolute atomic E-state index is 14.9. The third-order valence-corrected chi connectivity index (χ3v) is 8.59. The number of ether oxygens (including phenoxy) is 2. The van der Waals surface area contributed by atoms with Gasteiger partial charge in [0.25, 0.3) is 5.91 Å². The predicted molar refractivity (Wildman–Crippen MR) is 135 cm³/mol. The number of hydrogen-bond acceptors (Lipinski definition) is 7. The van der Waals surface area contributed by atoms with Crippen molar-refractivity contribution in [3.63, 3.8) is 0 Å².